The molecule has 38 heavy (non-hydrogen) atoms. The van der Waals surface area contributed by atoms with Gasteiger partial charge in [0.2, 0.25) is 0 Å². The number of aliphatic hydroxyl groups excluding tert-OH is 2. The highest BCUT2D eigenvalue weighted by atomic mass is 16.7. The number of fused-ring (bicyclic) bond motifs is 5. The average Bonchev–Trinajstić information content (AvgIpc) is 3.41. The van der Waals surface area contributed by atoms with E-state index in [1.165, 1.54) is 0 Å². The molecule has 8 heteroatoms. The maximum Gasteiger partial charge on any atom is 0.331 e. The van der Waals surface area contributed by atoms with Crippen LogP contribution in [0.1, 0.15) is 78.6 Å². The fraction of sp³-hybridized carbons (Fsp3) is 0.900. The molecule has 0 aromatic rings. The summed E-state index contributed by atoms with van der Waals surface area (Å²) < 4.78 is 23.1. The van der Waals surface area contributed by atoms with E-state index >= 15 is 0 Å². The minimum atomic E-state index is -0.850. The predicted octanol–water partition coefficient (Wildman–Crippen LogP) is 3.11. The first-order valence-electron chi connectivity index (χ1n) is 14.8. The van der Waals surface area contributed by atoms with Crippen LogP contribution in [0.25, 0.3) is 0 Å². The third-order valence-electron chi connectivity index (χ3n) is 12.2. The molecular formula is C30H46O8. The van der Waals surface area contributed by atoms with Gasteiger partial charge in [-0.25, -0.2) is 4.79 Å². The van der Waals surface area contributed by atoms with Crippen LogP contribution in [0.2, 0.25) is 0 Å². The van der Waals surface area contributed by atoms with Crippen LogP contribution >= 0.6 is 0 Å². The Balaban J connectivity index is 1.18. The molecule has 0 aromatic heterocycles. The van der Waals surface area contributed by atoms with Crippen LogP contribution in [0.4, 0.5) is 0 Å². The number of rotatable bonds is 4. The quantitative estimate of drug-likeness (QED) is 0.372. The van der Waals surface area contributed by atoms with Gasteiger partial charge in [-0.3, -0.25) is 0 Å². The van der Waals surface area contributed by atoms with Gasteiger partial charge in [-0.05, 0) is 93.0 Å². The predicted molar refractivity (Wildman–Crippen MR) is 138 cm³/mol. The summed E-state index contributed by atoms with van der Waals surface area (Å²) in [6, 6.07) is 0. The Bertz CT molecular complexity index is 968. The molecule has 214 valence electrons. The lowest BCUT2D eigenvalue weighted by atomic mass is 9.42. The Morgan fingerprint density at radius 3 is 2.58 bits per heavy atom. The molecule has 4 aliphatic carbocycles. The third kappa shape index (κ3) is 3.96. The lowest BCUT2D eigenvalue weighted by Crippen LogP contribution is -2.66. The van der Waals surface area contributed by atoms with Gasteiger partial charge in [0.1, 0.15) is 12.7 Å². The van der Waals surface area contributed by atoms with Crippen molar-refractivity contribution in [2.75, 3.05) is 13.7 Å². The molecule has 0 amide bonds. The van der Waals surface area contributed by atoms with Crippen molar-refractivity contribution < 1.29 is 39.1 Å². The number of carbonyl (C=O) groups excluding carboxylic acids is 1. The maximum atomic E-state index is 12.4. The first-order chi connectivity index (χ1) is 18.0. The number of hydrogen-bond acceptors (Lipinski definition) is 8. The first-order valence-corrected chi connectivity index (χ1v) is 14.8. The largest absolute Gasteiger partial charge is 0.458 e. The van der Waals surface area contributed by atoms with E-state index in [0.717, 1.165) is 44.1 Å². The highest BCUT2D eigenvalue weighted by Crippen LogP contribution is 2.70. The minimum Gasteiger partial charge on any atom is -0.458 e. The number of hydrogen-bond donors (Lipinski definition) is 3. The molecule has 1 saturated heterocycles. The van der Waals surface area contributed by atoms with Crippen molar-refractivity contribution >= 4 is 5.97 Å². The SMILES string of the molecule is CO[C@H]1C[C@@H](O[C@H]2CC[C@@]3(C)[C@H](CC[C@@H]4[C@@H]3[C@H](O)C[C@]3(C)[C@@H](C5=CC(=O)OC5)CC[C@]43O)C2)O[C@@H](C)[C@@H]1O. The van der Waals surface area contributed by atoms with Crippen LogP contribution in [0, 0.1) is 34.5 Å². The molecule has 13 atom stereocenters. The second-order valence-electron chi connectivity index (χ2n) is 13.7. The molecule has 6 aliphatic rings. The summed E-state index contributed by atoms with van der Waals surface area (Å²) in [5.74, 6) is 0.285. The highest BCUT2D eigenvalue weighted by molar-refractivity contribution is 5.85. The number of carbonyl (C=O) groups is 1. The Kier molecular flexibility index (Phi) is 6.80. The summed E-state index contributed by atoms with van der Waals surface area (Å²) in [6.45, 7) is 6.65. The standard InChI is InChI=1S/C30H46O8/c1-16-27(33)23(35-4)13-25(37-16)38-19-7-9-28(2)18(12-19)5-6-21-26(28)22(31)14-29(3)20(8-10-30(21,29)34)17-11-24(32)36-15-17/h11,16,18-23,25-27,31,33-34H,5-10,12-15H2,1-4H3/t16-,18+,19-,20+,21+,22+,23-,25+,26+,27-,28-,29+,30-/m0/s1. The van der Waals surface area contributed by atoms with E-state index in [0.29, 0.717) is 31.8 Å². The van der Waals surface area contributed by atoms with Gasteiger partial charge in [0.15, 0.2) is 6.29 Å². The summed E-state index contributed by atoms with van der Waals surface area (Å²) >= 11 is 0. The molecule has 2 aliphatic heterocycles. The zero-order chi connectivity index (χ0) is 27.0. The Morgan fingerprint density at radius 2 is 1.87 bits per heavy atom. The molecule has 8 nitrogen and oxygen atoms in total. The van der Waals surface area contributed by atoms with Gasteiger partial charge in [0, 0.05) is 25.0 Å². The molecular weight excluding hydrogens is 488 g/mol. The van der Waals surface area contributed by atoms with Crippen molar-refractivity contribution in [1.82, 2.24) is 0 Å². The summed E-state index contributed by atoms with van der Waals surface area (Å²) in [5, 5.41) is 34.5. The number of aliphatic hydroxyl groups is 3. The van der Waals surface area contributed by atoms with E-state index in [1.54, 1.807) is 13.2 Å². The van der Waals surface area contributed by atoms with Crippen molar-refractivity contribution in [1.29, 1.82) is 0 Å². The number of cyclic esters (lactones) is 1. The Morgan fingerprint density at radius 1 is 1.08 bits per heavy atom. The second-order valence-corrected chi connectivity index (χ2v) is 13.7. The fourth-order valence-corrected chi connectivity index (χ4v) is 10.1. The fourth-order valence-electron chi connectivity index (χ4n) is 10.1. The van der Waals surface area contributed by atoms with Crippen LogP contribution in [-0.2, 0) is 23.7 Å². The van der Waals surface area contributed by atoms with Crippen LogP contribution in [0.5, 0.6) is 0 Å². The van der Waals surface area contributed by atoms with Crippen molar-refractivity contribution in [3.05, 3.63) is 11.6 Å². The Labute approximate surface area is 226 Å². The molecule has 5 fully saturated rings. The highest BCUT2D eigenvalue weighted by Gasteiger charge is 2.70. The molecule has 0 spiro atoms. The van der Waals surface area contributed by atoms with Crippen molar-refractivity contribution in [2.24, 2.45) is 34.5 Å². The summed E-state index contributed by atoms with van der Waals surface area (Å²) in [6.07, 6.45) is 6.83. The summed E-state index contributed by atoms with van der Waals surface area (Å²) in [4.78, 5) is 11.8. The molecule has 2 heterocycles. The van der Waals surface area contributed by atoms with E-state index in [2.05, 4.69) is 13.8 Å². The van der Waals surface area contributed by atoms with E-state index < -0.39 is 23.2 Å². The van der Waals surface area contributed by atoms with Crippen molar-refractivity contribution in [3.8, 4) is 0 Å². The third-order valence-corrected chi connectivity index (χ3v) is 12.2. The maximum absolute atomic E-state index is 12.4. The van der Waals surface area contributed by atoms with Gasteiger partial charge in [-0.2, -0.15) is 0 Å². The monoisotopic (exact) mass is 534 g/mol. The van der Waals surface area contributed by atoms with Crippen LogP contribution in [-0.4, -0.2) is 77.4 Å². The van der Waals surface area contributed by atoms with E-state index in [1.807, 2.05) is 6.92 Å². The van der Waals surface area contributed by atoms with Gasteiger partial charge in [-0.1, -0.05) is 13.8 Å². The Hall–Kier alpha value is -1.03. The van der Waals surface area contributed by atoms with E-state index in [4.69, 9.17) is 18.9 Å². The van der Waals surface area contributed by atoms with Gasteiger partial charge in [0.25, 0.3) is 0 Å². The molecule has 0 bridgehead atoms. The van der Waals surface area contributed by atoms with Crippen LogP contribution in [0.3, 0.4) is 0 Å². The first kappa shape index (κ1) is 27.2. The molecule has 6 rings (SSSR count). The number of methoxy groups -OCH3 is 1. The minimum absolute atomic E-state index is 0.0464. The number of esters is 1. The molecule has 3 N–H and O–H groups in total. The summed E-state index contributed by atoms with van der Waals surface area (Å²) in [7, 11) is 1.62. The van der Waals surface area contributed by atoms with Gasteiger partial charge >= 0.3 is 5.97 Å². The lowest BCUT2D eigenvalue weighted by Gasteiger charge is -2.65. The topological polar surface area (TPSA) is 115 Å². The molecule has 0 aromatic carbocycles. The summed E-state index contributed by atoms with van der Waals surface area (Å²) in [5.41, 5.74) is -0.389. The van der Waals surface area contributed by atoms with E-state index in [-0.39, 0.29) is 53.7 Å². The normalized spacial score (nSPS) is 54.5. The molecule has 4 saturated carbocycles. The second kappa shape index (κ2) is 9.52. The zero-order valence-corrected chi connectivity index (χ0v) is 23.3. The number of ether oxygens (including phenoxy) is 4. The smallest absolute Gasteiger partial charge is 0.331 e. The molecule has 0 unspecified atom stereocenters. The molecule has 0 radical (unpaired) electrons. The van der Waals surface area contributed by atoms with Crippen molar-refractivity contribution in [3.63, 3.8) is 0 Å². The van der Waals surface area contributed by atoms with Crippen molar-refractivity contribution in [2.45, 2.75) is 121 Å². The van der Waals surface area contributed by atoms with Crippen LogP contribution in [0.15, 0.2) is 11.6 Å². The van der Waals surface area contributed by atoms with E-state index in [9.17, 15) is 20.1 Å². The zero-order valence-electron chi connectivity index (χ0n) is 23.3. The van der Waals surface area contributed by atoms with Gasteiger partial charge < -0.3 is 34.3 Å². The van der Waals surface area contributed by atoms with Gasteiger partial charge in [0.05, 0.1) is 30.0 Å². The van der Waals surface area contributed by atoms with Gasteiger partial charge in [-0.15, -0.1) is 0 Å². The van der Waals surface area contributed by atoms with Crippen LogP contribution < -0.4 is 0 Å². The average molecular weight is 535 g/mol. The lowest BCUT2D eigenvalue weighted by molar-refractivity contribution is -0.278.